The molecule has 1 amide bonds. The molecule has 0 radical (unpaired) electrons. The van der Waals surface area contributed by atoms with Crippen LogP contribution in [0, 0.1) is 0 Å². The molecule has 0 aliphatic rings. The molecule has 1 aromatic heterocycles. The Morgan fingerprint density at radius 1 is 0.875 bits per heavy atom. The SMILES string of the molecule is O=C(COc1ccccc1)Nc1ccc(Oc2ncccn2)cc1. The molecule has 2 aromatic carbocycles. The Labute approximate surface area is 139 Å². The standard InChI is InChI=1S/C18H15N3O3/c22-17(13-23-15-5-2-1-3-6-15)21-14-7-9-16(10-8-14)24-18-19-11-4-12-20-18/h1-12H,13H2,(H,21,22). The van der Waals surface area contributed by atoms with Crippen LogP contribution in [0.5, 0.6) is 17.5 Å². The smallest absolute Gasteiger partial charge is 0.321 e. The molecule has 0 atom stereocenters. The molecule has 3 rings (SSSR count). The van der Waals surface area contributed by atoms with Crippen molar-refractivity contribution in [1.82, 2.24) is 9.97 Å². The first-order valence-electron chi connectivity index (χ1n) is 7.32. The van der Waals surface area contributed by atoms with Gasteiger partial charge >= 0.3 is 6.01 Å². The van der Waals surface area contributed by atoms with Gasteiger partial charge in [-0.1, -0.05) is 18.2 Å². The van der Waals surface area contributed by atoms with Gasteiger partial charge in [0.15, 0.2) is 6.61 Å². The first kappa shape index (κ1) is 15.5. The normalized spacial score (nSPS) is 10.0. The molecule has 3 aromatic rings. The van der Waals surface area contributed by atoms with E-state index < -0.39 is 0 Å². The minimum absolute atomic E-state index is 0.0554. The Balaban J connectivity index is 1.51. The Morgan fingerprint density at radius 2 is 1.58 bits per heavy atom. The lowest BCUT2D eigenvalue weighted by atomic mass is 10.3. The van der Waals surface area contributed by atoms with Gasteiger partial charge < -0.3 is 14.8 Å². The van der Waals surface area contributed by atoms with E-state index in [9.17, 15) is 4.79 Å². The van der Waals surface area contributed by atoms with Crippen LogP contribution in [0.1, 0.15) is 0 Å². The van der Waals surface area contributed by atoms with Crippen molar-refractivity contribution in [3.8, 4) is 17.5 Å². The molecule has 0 spiro atoms. The van der Waals surface area contributed by atoms with E-state index in [0.29, 0.717) is 17.2 Å². The molecule has 1 heterocycles. The first-order valence-corrected chi connectivity index (χ1v) is 7.32. The lowest BCUT2D eigenvalue weighted by Gasteiger charge is -2.08. The van der Waals surface area contributed by atoms with Crippen LogP contribution in [0.4, 0.5) is 5.69 Å². The van der Waals surface area contributed by atoms with Crippen LogP contribution >= 0.6 is 0 Å². The Morgan fingerprint density at radius 3 is 2.29 bits per heavy atom. The van der Waals surface area contributed by atoms with Crippen molar-refractivity contribution in [3.63, 3.8) is 0 Å². The molecule has 24 heavy (non-hydrogen) atoms. The van der Waals surface area contributed by atoms with Crippen LogP contribution in [-0.4, -0.2) is 22.5 Å². The molecule has 1 N–H and O–H groups in total. The maximum Gasteiger partial charge on any atom is 0.321 e. The van der Waals surface area contributed by atoms with E-state index in [2.05, 4.69) is 15.3 Å². The van der Waals surface area contributed by atoms with Crippen molar-refractivity contribution >= 4 is 11.6 Å². The average Bonchev–Trinajstić information content (AvgIpc) is 2.63. The molecule has 0 saturated heterocycles. The van der Waals surface area contributed by atoms with Gasteiger partial charge in [-0.05, 0) is 42.5 Å². The first-order chi connectivity index (χ1) is 11.8. The predicted octanol–water partition coefficient (Wildman–Crippen LogP) is 3.29. The number of benzene rings is 2. The zero-order valence-electron chi connectivity index (χ0n) is 12.8. The van der Waals surface area contributed by atoms with Gasteiger partial charge in [0.1, 0.15) is 11.5 Å². The largest absolute Gasteiger partial charge is 0.484 e. The molecular formula is C18H15N3O3. The van der Waals surface area contributed by atoms with Crippen molar-refractivity contribution in [1.29, 1.82) is 0 Å². The van der Waals surface area contributed by atoms with Gasteiger partial charge in [0.2, 0.25) is 0 Å². The van der Waals surface area contributed by atoms with Crippen molar-refractivity contribution in [3.05, 3.63) is 73.1 Å². The fraction of sp³-hybridized carbons (Fsp3) is 0.0556. The third kappa shape index (κ3) is 4.54. The van der Waals surface area contributed by atoms with E-state index in [1.165, 1.54) is 0 Å². The van der Waals surface area contributed by atoms with Gasteiger partial charge in [0.25, 0.3) is 5.91 Å². The van der Waals surface area contributed by atoms with Crippen LogP contribution in [0.3, 0.4) is 0 Å². The number of nitrogens with one attached hydrogen (secondary N) is 1. The second kappa shape index (κ2) is 7.73. The minimum Gasteiger partial charge on any atom is -0.484 e. The molecule has 6 nitrogen and oxygen atoms in total. The number of carbonyl (C=O) groups is 1. The van der Waals surface area contributed by atoms with Gasteiger partial charge in [0.05, 0.1) is 0 Å². The molecule has 0 unspecified atom stereocenters. The van der Waals surface area contributed by atoms with Gasteiger partial charge in [0, 0.05) is 18.1 Å². The van der Waals surface area contributed by atoms with Crippen LogP contribution in [-0.2, 0) is 4.79 Å². The molecule has 120 valence electrons. The van der Waals surface area contributed by atoms with E-state index >= 15 is 0 Å². The predicted molar refractivity (Wildman–Crippen MR) is 89.1 cm³/mol. The highest BCUT2D eigenvalue weighted by Crippen LogP contribution is 2.19. The summed E-state index contributed by atoms with van der Waals surface area (Å²) in [6, 6.07) is 18.1. The van der Waals surface area contributed by atoms with Gasteiger partial charge in [-0.2, -0.15) is 0 Å². The monoisotopic (exact) mass is 321 g/mol. The molecule has 6 heteroatoms. The maximum absolute atomic E-state index is 11.9. The highest BCUT2D eigenvalue weighted by Gasteiger charge is 2.05. The number of ether oxygens (including phenoxy) is 2. The quantitative estimate of drug-likeness (QED) is 0.754. The average molecular weight is 321 g/mol. The second-order valence-electron chi connectivity index (χ2n) is 4.81. The van der Waals surface area contributed by atoms with Crippen LogP contribution < -0.4 is 14.8 Å². The van der Waals surface area contributed by atoms with Crippen LogP contribution in [0.25, 0.3) is 0 Å². The van der Waals surface area contributed by atoms with Crippen molar-refractivity contribution < 1.29 is 14.3 Å². The summed E-state index contributed by atoms with van der Waals surface area (Å²) in [4.78, 5) is 19.8. The number of hydrogen-bond acceptors (Lipinski definition) is 5. The summed E-state index contributed by atoms with van der Waals surface area (Å²) >= 11 is 0. The summed E-state index contributed by atoms with van der Waals surface area (Å²) in [5.41, 5.74) is 0.651. The van der Waals surface area contributed by atoms with Gasteiger partial charge in [-0.25, -0.2) is 9.97 Å². The lowest BCUT2D eigenvalue weighted by molar-refractivity contribution is -0.118. The van der Waals surface area contributed by atoms with Crippen LogP contribution in [0.2, 0.25) is 0 Å². The van der Waals surface area contributed by atoms with Crippen molar-refractivity contribution in [2.75, 3.05) is 11.9 Å². The van der Waals surface area contributed by atoms with E-state index in [0.717, 1.165) is 0 Å². The molecule has 0 aliphatic heterocycles. The zero-order valence-corrected chi connectivity index (χ0v) is 12.8. The summed E-state index contributed by atoms with van der Waals surface area (Å²) < 4.78 is 10.9. The van der Waals surface area contributed by atoms with Gasteiger partial charge in [-0.3, -0.25) is 4.79 Å². The third-order valence-corrected chi connectivity index (χ3v) is 3.00. The number of hydrogen-bond donors (Lipinski definition) is 1. The number of para-hydroxylation sites is 1. The van der Waals surface area contributed by atoms with E-state index in [1.54, 1.807) is 54.9 Å². The number of aromatic nitrogens is 2. The minimum atomic E-state index is -0.237. The van der Waals surface area contributed by atoms with Crippen LogP contribution in [0.15, 0.2) is 73.1 Å². The summed E-state index contributed by atoms with van der Waals surface area (Å²) in [6.45, 7) is -0.0554. The van der Waals surface area contributed by atoms with E-state index in [1.807, 2.05) is 18.2 Å². The number of carbonyl (C=O) groups excluding carboxylic acids is 1. The van der Waals surface area contributed by atoms with Crippen molar-refractivity contribution in [2.45, 2.75) is 0 Å². The number of amides is 1. The fourth-order valence-corrected chi connectivity index (χ4v) is 1.91. The highest BCUT2D eigenvalue weighted by molar-refractivity contribution is 5.91. The summed E-state index contributed by atoms with van der Waals surface area (Å²) in [7, 11) is 0. The number of anilines is 1. The molecule has 0 fully saturated rings. The fourth-order valence-electron chi connectivity index (χ4n) is 1.91. The third-order valence-electron chi connectivity index (χ3n) is 3.00. The lowest BCUT2D eigenvalue weighted by Crippen LogP contribution is -2.20. The van der Waals surface area contributed by atoms with E-state index in [-0.39, 0.29) is 18.5 Å². The molecule has 0 saturated carbocycles. The second-order valence-corrected chi connectivity index (χ2v) is 4.81. The van der Waals surface area contributed by atoms with Gasteiger partial charge in [-0.15, -0.1) is 0 Å². The Hall–Kier alpha value is -3.41. The van der Waals surface area contributed by atoms with E-state index in [4.69, 9.17) is 9.47 Å². The Bertz CT molecular complexity index is 778. The highest BCUT2D eigenvalue weighted by atomic mass is 16.5. The zero-order chi connectivity index (χ0) is 16.6. The maximum atomic E-state index is 11.9. The molecule has 0 aliphatic carbocycles. The molecule has 0 bridgehead atoms. The number of nitrogens with zero attached hydrogens (tertiary/aromatic N) is 2. The summed E-state index contributed by atoms with van der Waals surface area (Å²) in [5.74, 6) is 0.998. The topological polar surface area (TPSA) is 73.3 Å². The number of rotatable bonds is 6. The van der Waals surface area contributed by atoms with Crippen molar-refractivity contribution in [2.24, 2.45) is 0 Å². The summed E-state index contributed by atoms with van der Waals surface area (Å²) in [5, 5.41) is 2.75. The Kier molecular flexibility index (Phi) is 4.99. The summed E-state index contributed by atoms with van der Waals surface area (Å²) in [6.07, 6.45) is 3.20. The molecular weight excluding hydrogens is 306 g/mol.